The number of rotatable bonds is 6. The zero-order valence-electron chi connectivity index (χ0n) is 11.5. The molecule has 21 heavy (non-hydrogen) atoms. The fourth-order valence-corrected chi connectivity index (χ4v) is 2.50. The number of halogens is 4. The highest BCUT2D eigenvalue weighted by atomic mass is 79.9. The van der Waals surface area contributed by atoms with Gasteiger partial charge >= 0.3 is 11.9 Å². The molecule has 1 rings (SSSR count). The minimum absolute atomic E-state index is 0.104. The first-order chi connectivity index (χ1) is 9.66. The smallest absolute Gasteiger partial charge is 0.416 e. The van der Waals surface area contributed by atoms with E-state index in [0.717, 1.165) is 12.1 Å². The first-order valence-electron chi connectivity index (χ1n) is 6.21. The van der Waals surface area contributed by atoms with Gasteiger partial charge in [-0.3, -0.25) is 10.1 Å². The topological polar surface area (TPSA) is 52.4 Å². The Bertz CT molecular complexity index is 506. The quantitative estimate of drug-likeness (QED) is 0.416. The van der Waals surface area contributed by atoms with Crippen LogP contribution in [-0.4, -0.2) is 16.9 Å². The molecule has 0 amide bonds. The maximum atomic E-state index is 12.6. The van der Waals surface area contributed by atoms with Gasteiger partial charge < -0.3 is 4.74 Å². The number of nitro benzene ring substituents is 1. The van der Waals surface area contributed by atoms with Crippen molar-refractivity contribution in [3.8, 4) is 5.75 Å². The molecule has 1 unspecified atom stereocenters. The van der Waals surface area contributed by atoms with Crippen LogP contribution in [0.1, 0.15) is 19.4 Å². The molecule has 1 atom stereocenters. The summed E-state index contributed by atoms with van der Waals surface area (Å²) in [4.78, 5) is 10.0. The number of hydrogen-bond donors (Lipinski definition) is 0. The van der Waals surface area contributed by atoms with Crippen molar-refractivity contribution in [3.05, 3.63) is 33.9 Å². The van der Waals surface area contributed by atoms with E-state index in [1.807, 2.05) is 13.8 Å². The van der Waals surface area contributed by atoms with Gasteiger partial charge in [0.15, 0.2) is 5.75 Å². The average molecular weight is 370 g/mol. The van der Waals surface area contributed by atoms with Crippen LogP contribution in [0, 0.1) is 22.0 Å². The average Bonchev–Trinajstić information content (AvgIpc) is 2.37. The van der Waals surface area contributed by atoms with E-state index in [2.05, 4.69) is 15.9 Å². The molecule has 1 aromatic rings. The summed E-state index contributed by atoms with van der Waals surface area (Å²) >= 11 is 3.31. The number of alkyl halides is 4. The van der Waals surface area contributed by atoms with E-state index in [1.165, 1.54) is 0 Å². The molecule has 4 nitrogen and oxygen atoms in total. The van der Waals surface area contributed by atoms with E-state index in [4.69, 9.17) is 4.74 Å². The molecule has 0 aromatic heterocycles. The van der Waals surface area contributed by atoms with E-state index in [1.54, 1.807) is 0 Å². The number of benzene rings is 1. The van der Waals surface area contributed by atoms with E-state index in [9.17, 15) is 23.3 Å². The Balaban J connectivity index is 3.00. The van der Waals surface area contributed by atoms with E-state index >= 15 is 0 Å². The summed E-state index contributed by atoms with van der Waals surface area (Å²) in [6, 6.07) is 2.27. The molecule has 118 valence electrons. The van der Waals surface area contributed by atoms with Gasteiger partial charge in [-0.2, -0.15) is 13.2 Å². The van der Waals surface area contributed by atoms with Crippen molar-refractivity contribution < 1.29 is 22.8 Å². The lowest BCUT2D eigenvalue weighted by molar-refractivity contribution is -0.386. The molecule has 0 N–H and O–H groups in total. The third-order valence-electron chi connectivity index (χ3n) is 3.08. The van der Waals surface area contributed by atoms with Crippen LogP contribution < -0.4 is 4.74 Å². The minimum atomic E-state index is -4.63. The highest BCUT2D eigenvalue weighted by Crippen LogP contribution is 2.36. The third-order valence-corrected chi connectivity index (χ3v) is 3.91. The number of nitro groups is 1. The highest BCUT2D eigenvalue weighted by Gasteiger charge is 2.33. The molecule has 0 radical (unpaired) electrons. The van der Waals surface area contributed by atoms with E-state index in [0.29, 0.717) is 11.4 Å². The highest BCUT2D eigenvalue weighted by molar-refractivity contribution is 9.09. The Kier molecular flexibility index (Phi) is 6.00. The molecule has 0 fully saturated rings. The molecule has 0 aliphatic heterocycles. The zero-order valence-corrected chi connectivity index (χ0v) is 13.1. The van der Waals surface area contributed by atoms with Gasteiger partial charge in [-0.05, 0) is 18.1 Å². The van der Waals surface area contributed by atoms with Gasteiger partial charge in [0, 0.05) is 17.3 Å². The van der Waals surface area contributed by atoms with Crippen LogP contribution in [0.25, 0.3) is 0 Å². The fraction of sp³-hybridized carbons (Fsp3) is 0.538. The normalized spacial score (nSPS) is 13.3. The SMILES string of the molecule is CC(C)C(CBr)COc1ccc(C(F)(F)F)cc1[N+](=O)[O-]. The molecule has 0 aliphatic carbocycles. The Labute approximate surface area is 128 Å². The molecular formula is C13H15BrF3NO3. The molecule has 0 heterocycles. The van der Waals surface area contributed by atoms with Crippen LogP contribution in [0.3, 0.4) is 0 Å². The zero-order chi connectivity index (χ0) is 16.2. The molecule has 8 heteroatoms. The summed E-state index contributed by atoms with van der Waals surface area (Å²) in [5.41, 5.74) is -1.75. The number of ether oxygens (including phenoxy) is 1. The Morgan fingerprint density at radius 1 is 1.38 bits per heavy atom. The number of hydrogen-bond acceptors (Lipinski definition) is 3. The van der Waals surface area contributed by atoms with E-state index < -0.39 is 22.4 Å². The molecule has 0 saturated carbocycles. The van der Waals surface area contributed by atoms with Crippen molar-refractivity contribution in [2.45, 2.75) is 20.0 Å². The van der Waals surface area contributed by atoms with Crippen LogP contribution >= 0.6 is 15.9 Å². The lowest BCUT2D eigenvalue weighted by Gasteiger charge is -2.18. The van der Waals surface area contributed by atoms with Crippen LogP contribution in [0.2, 0.25) is 0 Å². The summed E-state index contributed by atoms with van der Waals surface area (Å²) < 4.78 is 43.0. The van der Waals surface area contributed by atoms with Gasteiger partial charge in [0.1, 0.15) is 0 Å². The van der Waals surface area contributed by atoms with Crippen molar-refractivity contribution in [3.63, 3.8) is 0 Å². The molecule has 1 aromatic carbocycles. The first-order valence-corrected chi connectivity index (χ1v) is 7.33. The standard InChI is InChI=1S/C13H15BrF3NO3/c1-8(2)9(6-14)7-21-12-4-3-10(13(15,16)17)5-11(12)18(19)20/h3-5,8-9H,6-7H2,1-2H3. The minimum Gasteiger partial charge on any atom is -0.486 e. The summed E-state index contributed by atoms with van der Waals surface area (Å²) in [7, 11) is 0. The Morgan fingerprint density at radius 2 is 2.00 bits per heavy atom. The van der Waals surface area contributed by atoms with Gasteiger partial charge in [-0.25, -0.2) is 0 Å². The summed E-state index contributed by atoms with van der Waals surface area (Å²) in [6.45, 7) is 4.13. The monoisotopic (exact) mass is 369 g/mol. The van der Waals surface area contributed by atoms with E-state index in [-0.39, 0.29) is 24.2 Å². The van der Waals surface area contributed by atoms with Crippen LogP contribution in [0.15, 0.2) is 18.2 Å². The van der Waals surface area contributed by atoms with Gasteiger partial charge in [-0.15, -0.1) is 0 Å². The first kappa shape index (κ1) is 17.7. The molecule has 0 saturated heterocycles. The third kappa shape index (κ3) is 4.87. The van der Waals surface area contributed by atoms with Gasteiger partial charge in [0.2, 0.25) is 0 Å². The second-order valence-electron chi connectivity index (χ2n) is 4.91. The van der Waals surface area contributed by atoms with Crippen molar-refractivity contribution in [1.29, 1.82) is 0 Å². The summed E-state index contributed by atoms with van der Waals surface area (Å²) in [5.74, 6) is 0.226. The maximum Gasteiger partial charge on any atom is 0.416 e. The molecule has 0 bridgehead atoms. The lowest BCUT2D eigenvalue weighted by Crippen LogP contribution is -2.19. The van der Waals surface area contributed by atoms with Gasteiger partial charge in [0.05, 0.1) is 17.1 Å². The van der Waals surface area contributed by atoms with Crippen molar-refractivity contribution in [2.24, 2.45) is 11.8 Å². The van der Waals surface area contributed by atoms with Crippen molar-refractivity contribution in [1.82, 2.24) is 0 Å². The van der Waals surface area contributed by atoms with Crippen LogP contribution in [-0.2, 0) is 6.18 Å². The molecule has 0 aliphatic rings. The maximum absolute atomic E-state index is 12.6. The largest absolute Gasteiger partial charge is 0.486 e. The van der Waals surface area contributed by atoms with Crippen molar-refractivity contribution in [2.75, 3.05) is 11.9 Å². The lowest BCUT2D eigenvalue weighted by atomic mass is 9.99. The predicted octanol–water partition coefficient (Wildman–Crippen LogP) is 4.66. The summed E-state index contributed by atoms with van der Waals surface area (Å²) in [5, 5.41) is 11.5. The van der Waals surface area contributed by atoms with Gasteiger partial charge in [0.25, 0.3) is 0 Å². The summed E-state index contributed by atoms with van der Waals surface area (Å²) in [6.07, 6.45) is -4.63. The van der Waals surface area contributed by atoms with Crippen LogP contribution in [0.5, 0.6) is 5.75 Å². The van der Waals surface area contributed by atoms with Crippen LogP contribution in [0.4, 0.5) is 18.9 Å². The second-order valence-corrected chi connectivity index (χ2v) is 5.55. The van der Waals surface area contributed by atoms with Gasteiger partial charge in [-0.1, -0.05) is 29.8 Å². The van der Waals surface area contributed by atoms with Crippen molar-refractivity contribution >= 4 is 21.6 Å². The second kappa shape index (κ2) is 7.11. The molecular weight excluding hydrogens is 355 g/mol. The predicted molar refractivity (Wildman–Crippen MR) is 75.7 cm³/mol. The fourth-order valence-electron chi connectivity index (χ4n) is 1.57. The molecule has 0 spiro atoms. The Morgan fingerprint density at radius 3 is 2.43 bits per heavy atom. The Hall–Kier alpha value is -1.31. The number of nitrogens with zero attached hydrogens (tertiary/aromatic N) is 1.